The van der Waals surface area contributed by atoms with Gasteiger partial charge in [0.25, 0.3) is 5.56 Å². The Hall–Kier alpha value is -1.44. The molecule has 1 N–H and O–H groups in total. The quantitative estimate of drug-likeness (QED) is 0.810. The summed E-state index contributed by atoms with van der Waals surface area (Å²) in [6, 6.07) is 0. The van der Waals surface area contributed by atoms with Gasteiger partial charge in [-0.3, -0.25) is 14.7 Å². The van der Waals surface area contributed by atoms with Crippen molar-refractivity contribution >= 4 is 22.8 Å². The number of nitrogens with zero attached hydrogens (tertiary/aromatic N) is 4. The summed E-state index contributed by atoms with van der Waals surface area (Å²) >= 11 is 5.67. The summed E-state index contributed by atoms with van der Waals surface area (Å²) in [5, 5.41) is -0.0634. The second-order valence-electron chi connectivity index (χ2n) is 4.19. The van der Waals surface area contributed by atoms with Crippen molar-refractivity contribution in [2.24, 2.45) is 0 Å². The highest BCUT2D eigenvalue weighted by Gasteiger charge is 2.13. The number of rotatable bonds is 3. The van der Waals surface area contributed by atoms with Crippen molar-refractivity contribution in [2.75, 3.05) is 32.8 Å². The first-order valence-electron chi connectivity index (χ1n) is 6.91. The lowest BCUT2D eigenvalue weighted by Crippen LogP contribution is -2.38. The maximum atomic E-state index is 12.0. The van der Waals surface area contributed by atoms with Gasteiger partial charge in [-0.25, -0.2) is 4.98 Å². The van der Waals surface area contributed by atoms with Crippen molar-refractivity contribution in [1.29, 1.82) is 0 Å². The minimum atomic E-state index is -1.78. The van der Waals surface area contributed by atoms with E-state index >= 15 is 0 Å². The van der Waals surface area contributed by atoms with Crippen molar-refractivity contribution in [3.05, 3.63) is 22.0 Å². The Morgan fingerprint density at radius 3 is 3.11 bits per heavy atom. The van der Waals surface area contributed by atoms with Crippen molar-refractivity contribution in [3.63, 3.8) is 0 Å². The molecule has 1 aliphatic rings. The minimum absolute atomic E-state index is 0.0634. The summed E-state index contributed by atoms with van der Waals surface area (Å²) < 4.78 is 22.9. The number of hydrogen-bond acceptors (Lipinski definition) is 5. The average Bonchev–Trinajstić information content (AvgIpc) is 2.84. The molecule has 0 spiro atoms. The molecule has 0 aromatic carbocycles. The highest BCUT2D eigenvalue weighted by Crippen LogP contribution is 2.08. The number of nitrogens with one attached hydrogen (secondary N) is 1. The molecule has 0 saturated carbocycles. The Kier molecular flexibility index (Phi) is 2.88. The van der Waals surface area contributed by atoms with E-state index in [1.165, 1.54) is 10.9 Å². The van der Waals surface area contributed by atoms with Gasteiger partial charge in [0, 0.05) is 26.1 Å². The number of aromatic nitrogens is 4. The molecule has 3 heterocycles. The Labute approximate surface area is 117 Å². The third kappa shape index (κ3) is 2.63. The molecule has 102 valence electrons. The van der Waals surface area contributed by atoms with E-state index < -0.39 is 12.1 Å². The molecule has 19 heavy (non-hydrogen) atoms. The molecule has 0 radical (unpaired) electrons. The highest BCUT2D eigenvalue weighted by atomic mass is 35.5. The van der Waals surface area contributed by atoms with Gasteiger partial charge in [-0.15, -0.1) is 0 Å². The maximum absolute atomic E-state index is 12.0. The Morgan fingerprint density at radius 1 is 1.53 bits per heavy atom. The number of imidazole rings is 1. The van der Waals surface area contributed by atoms with E-state index in [2.05, 4.69) is 15.0 Å². The lowest BCUT2D eigenvalue weighted by molar-refractivity contribution is 0.0365. The van der Waals surface area contributed by atoms with E-state index in [9.17, 15) is 4.79 Å². The summed E-state index contributed by atoms with van der Waals surface area (Å²) in [5.74, 6) is 0. The van der Waals surface area contributed by atoms with Crippen molar-refractivity contribution in [1.82, 2.24) is 24.4 Å². The molecule has 7 nitrogen and oxygen atoms in total. The first kappa shape index (κ1) is 10.4. The number of H-pyrrole nitrogens is 1. The predicted molar refractivity (Wildman–Crippen MR) is 70.4 cm³/mol. The largest absolute Gasteiger partial charge is 0.379 e. The molecule has 8 heteroatoms. The zero-order chi connectivity index (χ0) is 15.0. The first-order chi connectivity index (χ1) is 9.97. The number of hydrogen-bond donors (Lipinski definition) is 1. The summed E-state index contributed by atoms with van der Waals surface area (Å²) in [5.41, 5.74) is -0.291. The van der Waals surface area contributed by atoms with Crippen molar-refractivity contribution in [2.45, 2.75) is 6.50 Å². The zero-order valence-electron chi connectivity index (χ0n) is 12.1. The number of fused-ring (bicyclic) bond motifs is 1. The van der Waals surface area contributed by atoms with Crippen LogP contribution in [-0.4, -0.2) is 57.3 Å². The number of aromatic amines is 1. The molecule has 1 fully saturated rings. The van der Waals surface area contributed by atoms with Gasteiger partial charge < -0.3 is 9.30 Å². The van der Waals surface area contributed by atoms with E-state index in [1.807, 2.05) is 4.90 Å². The zero-order valence-corrected chi connectivity index (χ0v) is 10.9. The van der Waals surface area contributed by atoms with Crippen LogP contribution in [0.5, 0.6) is 0 Å². The molecule has 0 atom stereocenters. The SMILES string of the molecule is [2H]C([2H])(CN1CCOCC1)n1cnc2nc(Cl)[nH]c(=O)c21. The lowest BCUT2D eigenvalue weighted by atomic mass is 10.4. The standard InChI is InChI=1S/C11H14ClN5O2/c12-11-14-9-8(10(18)15-11)17(7-13-9)2-1-16-3-5-19-6-4-16/h7H,1-6H2,(H,14,15,18)/i2D2. The normalized spacial score (nSPS) is 19.4. The molecule has 0 amide bonds. The Bertz CT molecular complexity index is 710. The molecule has 0 bridgehead atoms. The van der Waals surface area contributed by atoms with Crippen LogP contribution in [0, 0.1) is 0 Å². The highest BCUT2D eigenvalue weighted by molar-refractivity contribution is 6.28. The van der Waals surface area contributed by atoms with Crippen LogP contribution in [0.15, 0.2) is 11.1 Å². The molecule has 2 aromatic rings. The van der Waals surface area contributed by atoms with Crippen LogP contribution < -0.4 is 5.56 Å². The van der Waals surface area contributed by atoms with Crippen LogP contribution in [0.25, 0.3) is 11.2 Å². The van der Waals surface area contributed by atoms with Gasteiger partial charge in [0.15, 0.2) is 11.2 Å². The van der Waals surface area contributed by atoms with Crippen molar-refractivity contribution < 1.29 is 7.48 Å². The summed E-state index contributed by atoms with van der Waals surface area (Å²) in [4.78, 5) is 24.1. The molecule has 1 aliphatic heterocycles. The van der Waals surface area contributed by atoms with Gasteiger partial charge in [0.05, 0.1) is 22.3 Å². The summed E-state index contributed by atoms with van der Waals surface area (Å²) in [7, 11) is 0. The second-order valence-corrected chi connectivity index (χ2v) is 4.55. The topological polar surface area (TPSA) is 76.0 Å². The average molecular weight is 286 g/mol. The molecule has 0 unspecified atom stereocenters. The van der Waals surface area contributed by atoms with Gasteiger partial charge in [-0.2, -0.15) is 4.98 Å². The second kappa shape index (κ2) is 5.28. The maximum Gasteiger partial charge on any atom is 0.278 e. The Morgan fingerprint density at radius 2 is 2.32 bits per heavy atom. The van der Waals surface area contributed by atoms with Crippen LogP contribution in [0.2, 0.25) is 5.28 Å². The van der Waals surface area contributed by atoms with Crippen LogP contribution in [0.4, 0.5) is 0 Å². The fraction of sp³-hybridized carbons (Fsp3) is 0.545. The molecular formula is C11H14ClN5O2. The Balaban J connectivity index is 1.96. The van der Waals surface area contributed by atoms with E-state index in [-0.39, 0.29) is 23.0 Å². The van der Waals surface area contributed by atoms with Crippen LogP contribution in [0.1, 0.15) is 2.74 Å². The van der Waals surface area contributed by atoms with Crippen LogP contribution in [0.3, 0.4) is 0 Å². The third-order valence-electron chi connectivity index (χ3n) is 2.95. The van der Waals surface area contributed by atoms with E-state index in [4.69, 9.17) is 19.1 Å². The minimum Gasteiger partial charge on any atom is -0.379 e. The summed E-state index contributed by atoms with van der Waals surface area (Å²) in [6.45, 7) is 0.842. The fourth-order valence-electron chi connectivity index (χ4n) is 1.96. The van der Waals surface area contributed by atoms with E-state index in [0.717, 1.165) is 0 Å². The van der Waals surface area contributed by atoms with Crippen LogP contribution in [-0.2, 0) is 11.2 Å². The van der Waals surface area contributed by atoms with E-state index in [0.29, 0.717) is 26.3 Å². The van der Waals surface area contributed by atoms with E-state index in [1.54, 1.807) is 0 Å². The molecule has 0 aliphatic carbocycles. The van der Waals surface area contributed by atoms with Gasteiger partial charge >= 0.3 is 0 Å². The van der Waals surface area contributed by atoms with Crippen molar-refractivity contribution in [3.8, 4) is 0 Å². The third-order valence-corrected chi connectivity index (χ3v) is 3.13. The van der Waals surface area contributed by atoms with Gasteiger partial charge in [-0.05, 0) is 11.6 Å². The first-order valence-corrected chi connectivity index (χ1v) is 6.29. The van der Waals surface area contributed by atoms with Crippen LogP contribution >= 0.6 is 11.6 Å². The number of ether oxygens (including phenoxy) is 1. The monoisotopic (exact) mass is 285 g/mol. The molecule has 2 aromatic heterocycles. The van der Waals surface area contributed by atoms with Gasteiger partial charge in [-0.1, -0.05) is 0 Å². The smallest absolute Gasteiger partial charge is 0.278 e. The summed E-state index contributed by atoms with van der Waals surface area (Å²) in [6.07, 6.45) is 1.28. The van der Waals surface area contributed by atoms with Gasteiger partial charge in [0.1, 0.15) is 0 Å². The van der Waals surface area contributed by atoms with Gasteiger partial charge in [0.2, 0.25) is 5.28 Å². The number of morpholine rings is 1. The molecule has 1 saturated heterocycles. The molecular weight excluding hydrogens is 270 g/mol. The lowest BCUT2D eigenvalue weighted by Gasteiger charge is -2.26. The molecule has 3 rings (SSSR count). The number of halogens is 1. The fourth-order valence-corrected chi connectivity index (χ4v) is 2.13. The predicted octanol–water partition coefficient (Wildman–Crippen LogP) is 0.105.